The molecule has 0 fully saturated rings. The Hall–Kier alpha value is -2.46. The second-order valence-electron chi connectivity index (χ2n) is 8.41. The summed E-state index contributed by atoms with van der Waals surface area (Å²) < 4.78 is 47.7. The Labute approximate surface area is 207 Å². The Morgan fingerprint density at radius 1 is 1.21 bits per heavy atom. The van der Waals surface area contributed by atoms with Crippen LogP contribution in [0.15, 0.2) is 36.4 Å². The third-order valence-corrected chi connectivity index (χ3v) is 6.60. The summed E-state index contributed by atoms with van der Waals surface area (Å²) in [5.74, 6) is -1.47. The molecular formula is C23H22BrClF3NO5. The molecule has 0 aromatic heterocycles. The zero-order valence-corrected chi connectivity index (χ0v) is 20.6. The minimum absolute atomic E-state index is 0.0746. The van der Waals surface area contributed by atoms with Crippen molar-refractivity contribution in [3.05, 3.63) is 52.5 Å². The van der Waals surface area contributed by atoms with Gasteiger partial charge in [0.25, 0.3) is 0 Å². The number of carbonyl (C=O) groups excluding carboxylic acids is 1. The number of fused-ring (bicyclic) bond motifs is 1. The summed E-state index contributed by atoms with van der Waals surface area (Å²) in [4.78, 5) is 25.1. The van der Waals surface area contributed by atoms with Crippen molar-refractivity contribution in [1.82, 2.24) is 0 Å². The van der Waals surface area contributed by atoms with Crippen molar-refractivity contribution in [3.63, 3.8) is 0 Å². The van der Waals surface area contributed by atoms with Crippen LogP contribution in [0.2, 0.25) is 5.02 Å². The summed E-state index contributed by atoms with van der Waals surface area (Å²) >= 11 is 9.49. The molecule has 1 heterocycles. The molecule has 3 rings (SSSR count). The van der Waals surface area contributed by atoms with E-state index in [1.54, 1.807) is 26.0 Å². The van der Waals surface area contributed by atoms with Crippen LogP contribution in [0.25, 0.3) is 0 Å². The Balaban J connectivity index is 1.81. The summed E-state index contributed by atoms with van der Waals surface area (Å²) in [6.45, 7) is 3.53. The van der Waals surface area contributed by atoms with Gasteiger partial charge < -0.3 is 19.5 Å². The van der Waals surface area contributed by atoms with Gasteiger partial charge in [0.15, 0.2) is 0 Å². The number of carboxylic acids is 1. The van der Waals surface area contributed by atoms with Gasteiger partial charge in [0.1, 0.15) is 16.3 Å². The smallest absolute Gasteiger partial charge is 0.493 e. The maximum atomic E-state index is 13.3. The number of carbonyl (C=O) groups is 2. The van der Waals surface area contributed by atoms with Gasteiger partial charge in [-0.1, -0.05) is 39.7 Å². The normalized spacial score (nSPS) is 14.5. The van der Waals surface area contributed by atoms with Gasteiger partial charge in [-0.3, -0.25) is 9.59 Å². The van der Waals surface area contributed by atoms with Crippen molar-refractivity contribution >= 4 is 45.1 Å². The van der Waals surface area contributed by atoms with E-state index < -0.39 is 34.2 Å². The number of anilines is 1. The van der Waals surface area contributed by atoms with Crippen LogP contribution in [0.5, 0.6) is 11.5 Å². The van der Waals surface area contributed by atoms with E-state index in [2.05, 4.69) is 20.7 Å². The zero-order chi connectivity index (χ0) is 25.3. The molecule has 34 heavy (non-hydrogen) atoms. The van der Waals surface area contributed by atoms with Crippen LogP contribution in [0.3, 0.4) is 0 Å². The average Bonchev–Trinajstić information content (AvgIpc) is 3.14. The molecule has 184 valence electrons. The van der Waals surface area contributed by atoms with Gasteiger partial charge >= 0.3 is 12.3 Å². The number of nitrogens with zero attached hydrogens (tertiary/aromatic N) is 1. The highest BCUT2D eigenvalue weighted by atomic mass is 79.9. The maximum Gasteiger partial charge on any atom is 0.573 e. The molecule has 1 amide bonds. The van der Waals surface area contributed by atoms with Crippen LogP contribution in [0.4, 0.5) is 18.9 Å². The fraction of sp³-hybridized carbons (Fsp3) is 0.391. The van der Waals surface area contributed by atoms with E-state index in [0.717, 1.165) is 5.56 Å². The summed E-state index contributed by atoms with van der Waals surface area (Å²) in [6.07, 6.45) is -4.14. The molecule has 1 aliphatic rings. The van der Waals surface area contributed by atoms with Crippen molar-refractivity contribution in [2.45, 2.75) is 37.9 Å². The van der Waals surface area contributed by atoms with Crippen molar-refractivity contribution in [1.29, 1.82) is 0 Å². The highest BCUT2D eigenvalue weighted by Gasteiger charge is 2.35. The van der Waals surface area contributed by atoms with Crippen molar-refractivity contribution < 1.29 is 37.3 Å². The Kier molecular flexibility index (Phi) is 7.72. The van der Waals surface area contributed by atoms with Gasteiger partial charge in [-0.15, -0.1) is 13.2 Å². The Morgan fingerprint density at radius 2 is 1.91 bits per heavy atom. The van der Waals surface area contributed by atoms with Crippen LogP contribution in [-0.4, -0.2) is 36.5 Å². The number of hydrogen-bond donors (Lipinski definition) is 1. The molecule has 2 aromatic carbocycles. The molecule has 1 aliphatic heterocycles. The molecule has 0 saturated carbocycles. The molecule has 1 unspecified atom stereocenters. The van der Waals surface area contributed by atoms with Gasteiger partial charge in [-0.05, 0) is 50.5 Å². The summed E-state index contributed by atoms with van der Waals surface area (Å²) in [7, 11) is 0. The summed E-state index contributed by atoms with van der Waals surface area (Å²) in [5.41, 5.74) is 0.526. The lowest BCUT2D eigenvalue weighted by molar-refractivity contribution is -0.274. The number of amides is 1. The van der Waals surface area contributed by atoms with E-state index >= 15 is 0 Å². The number of halogens is 5. The van der Waals surface area contributed by atoms with Crippen molar-refractivity contribution in [2.75, 3.05) is 18.1 Å². The van der Waals surface area contributed by atoms with E-state index in [0.29, 0.717) is 35.0 Å². The van der Waals surface area contributed by atoms with Gasteiger partial charge in [-0.25, -0.2) is 0 Å². The standard InChI is InChI=1S/C23H22BrClF3NO5/c1-22(2,21(31)32)8-10-33-18-11-14(25)4-6-16(18)19(24)20(30)29-9-7-13-3-5-15(12-17(13)29)34-23(26,27)28/h3-6,11-12,19H,7-10H2,1-2H3,(H,31,32). The number of rotatable bonds is 8. The van der Waals surface area contributed by atoms with Gasteiger partial charge in [-0.2, -0.15) is 0 Å². The Bertz CT molecular complexity index is 1090. The van der Waals surface area contributed by atoms with Crippen LogP contribution >= 0.6 is 27.5 Å². The van der Waals surface area contributed by atoms with E-state index in [4.69, 9.17) is 16.3 Å². The first-order valence-corrected chi connectivity index (χ1v) is 11.6. The molecule has 11 heteroatoms. The number of carboxylic acid groups (broad SMARTS) is 1. The molecule has 6 nitrogen and oxygen atoms in total. The third-order valence-electron chi connectivity index (χ3n) is 5.48. The minimum Gasteiger partial charge on any atom is -0.493 e. The van der Waals surface area contributed by atoms with Gasteiger partial charge in [0.2, 0.25) is 5.91 Å². The SMILES string of the molecule is CC(C)(CCOc1cc(Cl)ccc1C(Br)C(=O)N1CCc2ccc(OC(F)(F)F)cc21)C(=O)O. The van der Waals surface area contributed by atoms with Crippen molar-refractivity contribution in [3.8, 4) is 11.5 Å². The highest BCUT2D eigenvalue weighted by Crippen LogP contribution is 2.40. The fourth-order valence-electron chi connectivity index (χ4n) is 3.42. The zero-order valence-electron chi connectivity index (χ0n) is 18.3. The van der Waals surface area contributed by atoms with Gasteiger partial charge in [0.05, 0.1) is 17.7 Å². The molecule has 2 aromatic rings. The number of ether oxygens (including phenoxy) is 2. The molecule has 0 bridgehead atoms. The van der Waals surface area contributed by atoms with E-state index in [9.17, 15) is 27.9 Å². The minimum atomic E-state index is -4.84. The molecule has 1 atom stereocenters. The molecule has 0 radical (unpaired) electrons. The number of aliphatic carboxylic acids is 1. The van der Waals surface area contributed by atoms with Crippen LogP contribution in [-0.2, 0) is 16.0 Å². The topological polar surface area (TPSA) is 76.1 Å². The molecule has 0 aliphatic carbocycles. The second kappa shape index (κ2) is 10.0. The number of benzene rings is 2. The first-order valence-electron chi connectivity index (χ1n) is 10.3. The maximum absolute atomic E-state index is 13.3. The lowest BCUT2D eigenvalue weighted by Gasteiger charge is -2.24. The second-order valence-corrected chi connectivity index (χ2v) is 9.76. The van der Waals surface area contributed by atoms with Crippen LogP contribution in [0, 0.1) is 5.41 Å². The number of hydrogen-bond acceptors (Lipinski definition) is 4. The van der Waals surface area contributed by atoms with E-state index in [1.165, 1.54) is 29.2 Å². The highest BCUT2D eigenvalue weighted by molar-refractivity contribution is 9.09. The molecular weight excluding hydrogens is 543 g/mol. The monoisotopic (exact) mass is 563 g/mol. The summed E-state index contributed by atoms with van der Waals surface area (Å²) in [6, 6.07) is 8.64. The van der Waals surface area contributed by atoms with Crippen molar-refractivity contribution in [2.24, 2.45) is 5.41 Å². The predicted octanol–water partition coefficient (Wildman–Crippen LogP) is 6.14. The van der Waals surface area contributed by atoms with Crippen LogP contribution < -0.4 is 14.4 Å². The number of alkyl halides is 4. The third kappa shape index (κ3) is 6.15. The van der Waals surface area contributed by atoms with E-state index in [-0.39, 0.29) is 13.0 Å². The average molecular weight is 565 g/mol. The lowest BCUT2D eigenvalue weighted by Crippen LogP contribution is -2.32. The summed E-state index contributed by atoms with van der Waals surface area (Å²) in [5, 5.41) is 9.64. The first-order chi connectivity index (χ1) is 15.8. The largest absolute Gasteiger partial charge is 0.573 e. The predicted molar refractivity (Wildman–Crippen MR) is 124 cm³/mol. The van der Waals surface area contributed by atoms with Gasteiger partial charge in [0, 0.05) is 23.2 Å². The molecule has 0 spiro atoms. The van der Waals surface area contributed by atoms with E-state index in [1.807, 2.05) is 0 Å². The first kappa shape index (κ1) is 26.2. The molecule has 0 saturated heterocycles. The molecule has 1 N–H and O–H groups in total. The fourth-order valence-corrected chi connectivity index (χ4v) is 4.21. The lowest BCUT2D eigenvalue weighted by atomic mass is 9.90. The Morgan fingerprint density at radius 3 is 2.56 bits per heavy atom. The van der Waals surface area contributed by atoms with Crippen LogP contribution in [0.1, 0.15) is 36.2 Å². The quantitative estimate of drug-likeness (QED) is 0.390.